The number of hydrogen-bond donors (Lipinski definition) is 0. The topological polar surface area (TPSA) is 18.5 Å². The predicted molar refractivity (Wildman–Crippen MR) is 209 cm³/mol. The van der Waals surface area contributed by atoms with E-state index >= 15 is 0 Å². The summed E-state index contributed by atoms with van der Waals surface area (Å²) in [6.07, 6.45) is 10.5. The van der Waals surface area contributed by atoms with Gasteiger partial charge in [0.1, 0.15) is 0 Å². The second-order valence-corrected chi connectivity index (χ2v) is 94.3. The molecule has 0 radical (unpaired) electrons. The van der Waals surface area contributed by atoms with Crippen LogP contribution in [-0.4, -0.2) is 19.1 Å². The van der Waals surface area contributed by atoms with Crippen LogP contribution in [0.15, 0.2) is 97.1 Å². The van der Waals surface area contributed by atoms with E-state index in [1.807, 2.05) is 0 Å². The Morgan fingerprint density at radius 3 is 1.19 bits per heavy atom. The average molecular weight is 824 g/mol. The summed E-state index contributed by atoms with van der Waals surface area (Å²) < 4.78 is 19.4. The second-order valence-electron chi connectivity index (χ2n) is 18.3. The van der Waals surface area contributed by atoms with E-state index in [4.69, 9.17) is 9.47 Å². The van der Waals surface area contributed by atoms with Crippen LogP contribution < -0.4 is 9.47 Å². The van der Waals surface area contributed by atoms with Gasteiger partial charge in [-0.15, -0.1) is 0 Å². The zero-order valence-corrected chi connectivity index (χ0v) is 35.9. The van der Waals surface area contributed by atoms with Crippen molar-refractivity contribution in [2.75, 3.05) is 0 Å². The van der Waals surface area contributed by atoms with Crippen LogP contribution in [0.5, 0.6) is 11.5 Å². The molecule has 4 heteroatoms. The van der Waals surface area contributed by atoms with Crippen molar-refractivity contribution in [3.63, 3.8) is 0 Å². The summed E-state index contributed by atoms with van der Waals surface area (Å²) in [6.45, 7) is 21.0. The summed E-state index contributed by atoms with van der Waals surface area (Å²) in [4.78, 5) is 0. The van der Waals surface area contributed by atoms with Crippen LogP contribution in [-0.2, 0) is 14.2 Å². The first kappa shape index (κ1) is 34.9. The van der Waals surface area contributed by atoms with E-state index in [1.165, 1.54) is 44.5 Å². The van der Waals surface area contributed by atoms with Crippen LogP contribution in [0.2, 0.25) is 16.7 Å². The maximum absolute atomic E-state index is 5.98. The zero-order valence-electron chi connectivity index (χ0n) is 30.9. The Labute approximate surface area is 285 Å². The maximum atomic E-state index is 5.98. The van der Waals surface area contributed by atoms with Crippen LogP contribution in [0, 0.1) is 0 Å². The number of hydrogen-bond acceptors (Lipinski definition) is 2. The summed E-state index contributed by atoms with van der Waals surface area (Å²) in [6, 6.07) is 31.4. The zero-order chi connectivity index (χ0) is 34.8. The molecule has 0 fully saturated rings. The number of fused-ring (bicyclic) bond motifs is 2. The van der Waals surface area contributed by atoms with Crippen LogP contribution in [0.3, 0.4) is 0 Å². The summed E-state index contributed by atoms with van der Waals surface area (Å²) in [5.74, 6) is 1.84. The molecule has 252 valence electrons. The predicted octanol–water partition coefficient (Wildman–Crippen LogP) is 12.5. The van der Waals surface area contributed by atoms with E-state index in [0.29, 0.717) is 14.7 Å². The quantitative estimate of drug-likeness (QED) is 0.148. The van der Waals surface area contributed by atoms with Crippen molar-refractivity contribution in [1.29, 1.82) is 0 Å². The van der Waals surface area contributed by atoms with E-state index in [0.717, 1.165) is 11.5 Å². The summed E-state index contributed by atoms with van der Waals surface area (Å²) >= 11 is -5.26. The molecular formula is C44H56HfO2Si. The first-order valence-corrected chi connectivity index (χ1v) is 41.9. The fourth-order valence-corrected chi connectivity index (χ4v) is 50.6. The van der Waals surface area contributed by atoms with E-state index < -0.39 is 14.2 Å². The molecule has 4 aromatic carbocycles. The van der Waals surface area contributed by atoms with Crippen molar-refractivity contribution in [1.82, 2.24) is 0 Å². The van der Waals surface area contributed by atoms with Gasteiger partial charge in [-0.1, -0.05) is 0 Å². The number of ether oxygens (including phenoxy) is 2. The molecule has 2 unspecified atom stereocenters. The van der Waals surface area contributed by atoms with Crippen LogP contribution in [0.25, 0.3) is 34.4 Å². The molecule has 0 heterocycles. The van der Waals surface area contributed by atoms with Gasteiger partial charge in [-0.05, 0) is 0 Å². The van der Waals surface area contributed by atoms with Gasteiger partial charge in [-0.2, -0.15) is 0 Å². The van der Waals surface area contributed by atoms with E-state index in [-0.39, 0.29) is 12.2 Å². The Hall–Kier alpha value is -2.95. The molecule has 2 atom stereocenters. The monoisotopic (exact) mass is 824 g/mol. The molecule has 2 nitrogen and oxygen atoms in total. The molecule has 0 saturated carbocycles. The number of rotatable bonds is 10. The molecule has 0 amide bonds. The SMILES string of the molecule is CC(C)Oc1ccc(-c2cccc3c2C=C[CH]3[Hf]([CH3])([CH3])(=[SiH2])([CH](C)C)([CH](C)C)[CH]2C=Cc3c(-c4ccc(OC(C)C)cc4)cccc32)cc1. The van der Waals surface area contributed by atoms with Crippen LogP contribution in [0.1, 0.15) is 85.0 Å². The normalized spacial score (nSPS) is 19.2. The standard InChI is InChI=1S/2C18H17O.2C3H7.2CH3.Hf.H2Si/c2*1-13(2)19-16-11-9-15(10-12-16)18-8-4-6-14-5-3-7-17(14)18;2*1-3-2;;;;/h2*3-13H,1-2H3;2*3H,1-2H3;2*1H3;;1H2. The molecule has 4 aromatic rings. The number of allylic oxidation sites excluding steroid dienone is 2. The van der Waals surface area contributed by atoms with Gasteiger partial charge in [0, 0.05) is 0 Å². The summed E-state index contributed by atoms with van der Waals surface area (Å²) in [5, 5.41) is 0. The molecule has 0 aliphatic heterocycles. The Morgan fingerprint density at radius 2 is 0.875 bits per heavy atom. The van der Waals surface area contributed by atoms with Crippen molar-refractivity contribution in [3.05, 3.63) is 119 Å². The second kappa shape index (κ2) is 11.0. The van der Waals surface area contributed by atoms with Gasteiger partial charge in [0.25, 0.3) is 0 Å². The minimum absolute atomic E-state index is 0.159. The van der Waals surface area contributed by atoms with E-state index in [9.17, 15) is 0 Å². The third-order valence-corrected chi connectivity index (χ3v) is 95.7. The van der Waals surface area contributed by atoms with Gasteiger partial charge in [-0.25, -0.2) is 0 Å². The Balaban J connectivity index is 1.52. The van der Waals surface area contributed by atoms with Gasteiger partial charge in [-0.3, -0.25) is 0 Å². The fraction of sp³-hybridized carbons (Fsp3) is 0.364. The van der Waals surface area contributed by atoms with E-state index in [1.54, 1.807) is 0 Å². The molecule has 0 bridgehead atoms. The molecule has 48 heavy (non-hydrogen) atoms. The number of benzene rings is 4. The van der Waals surface area contributed by atoms with Gasteiger partial charge in [0.05, 0.1) is 0 Å². The van der Waals surface area contributed by atoms with E-state index in [2.05, 4.69) is 181 Å². The Kier molecular flexibility index (Phi) is 8.01. The first-order valence-electron chi connectivity index (χ1n) is 18.1. The van der Waals surface area contributed by atoms with Crippen molar-refractivity contribution in [2.45, 2.75) is 91.7 Å². The third-order valence-electron chi connectivity index (χ3n) is 14.8. The Bertz CT molecular complexity index is 1920. The van der Waals surface area contributed by atoms with Gasteiger partial charge in [0.2, 0.25) is 0 Å². The first-order chi connectivity index (χ1) is 22.5. The molecule has 0 aromatic heterocycles. The van der Waals surface area contributed by atoms with Gasteiger partial charge < -0.3 is 0 Å². The van der Waals surface area contributed by atoms with Crippen molar-refractivity contribution in [3.8, 4) is 33.8 Å². The molecular weight excluding hydrogens is 767 g/mol. The van der Waals surface area contributed by atoms with Gasteiger partial charge in [0.15, 0.2) is 0 Å². The van der Waals surface area contributed by atoms with Gasteiger partial charge >= 0.3 is 287 Å². The van der Waals surface area contributed by atoms with Crippen LogP contribution >= 0.6 is 0 Å². The minimum atomic E-state index is -5.26. The average Bonchev–Trinajstić information content (AvgIpc) is 3.68. The third kappa shape index (κ3) is 4.72. The van der Waals surface area contributed by atoms with Crippen molar-refractivity contribution in [2.24, 2.45) is 0 Å². The molecule has 0 saturated heterocycles. The molecule has 2 aliphatic rings. The van der Waals surface area contributed by atoms with Crippen molar-refractivity contribution >= 4 is 19.1 Å². The molecule has 6 rings (SSSR count). The molecule has 2 aliphatic carbocycles. The molecule has 0 N–H and O–H groups in total. The molecule has 0 spiro atoms. The summed E-state index contributed by atoms with van der Waals surface area (Å²) in [7, 11) is 0. The van der Waals surface area contributed by atoms with Crippen molar-refractivity contribution < 1.29 is 23.7 Å². The fourth-order valence-electron chi connectivity index (χ4n) is 9.68. The van der Waals surface area contributed by atoms with Crippen LogP contribution in [0.4, 0.5) is 0 Å². The Morgan fingerprint density at radius 1 is 0.521 bits per heavy atom. The summed E-state index contributed by atoms with van der Waals surface area (Å²) in [5.41, 5.74) is 10.9.